The van der Waals surface area contributed by atoms with Crippen LogP contribution in [-0.2, 0) is 20.8 Å². The average Bonchev–Trinajstić information content (AvgIpc) is 3.32. The number of para-hydroxylation sites is 1. The number of benzene rings is 1. The van der Waals surface area contributed by atoms with E-state index in [-0.39, 0.29) is 30.6 Å². The summed E-state index contributed by atoms with van der Waals surface area (Å²) in [6.07, 6.45) is 5.38. The number of nitrogens with zero attached hydrogens (tertiary/aromatic N) is 3. The molecule has 0 unspecified atom stereocenters. The van der Waals surface area contributed by atoms with Crippen molar-refractivity contribution >= 4 is 5.91 Å². The minimum atomic E-state index is -0.391. The first-order valence-corrected chi connectivity index (χ1v) is 11.4. The number of methoxy groups -OCH3 is 1. The van der Waals surface area contributed by atoms with Gasteiger partial charge in [-0.05, 0) is 44.2 Å². The zero-order valence-corrected chi connectivity index (χ0v) is 18.5. The SMILES string of the molecule is COc1ccccc1-c1cn(CC[C@H]2CC[C@H](NC(=O)C3CCOCC3)[C@@H](CO)O2)nn1. The lowest BCUT2D eigenvalue weighted by Crippen LogP contribution is -2.52. The van der Waals surface area contributed by atoms with Gasteiger partial charge in [0, 0.05) is 31.2 Å². The maximum absolute atomic E-state index is 12.6. The van der Waals surface area contributed by atoms with Crippen LogP contribution in [0.5, 0.6) is 5.75 Å². The van der Waals surface area contributed by atoms with Crippen LogP contribution in [0.1, 0.15) is 32.1 Å². The molecule has 0 radical (unpaired) electrons. The van der Waals surface area contributed by atoms with E-state index in [1.807, 2.05) is 30.5 Å². The van der Waals surface area contributed by atoms with E-state index in [0.717, 1.165) is 49.1 Å². The number of hydrogen-bond donors (Lipinski definition) is 2. The number of nitrogens with one attached hydrogen (secondary N) is 1. The summed E-state index contributed by atoms with van der Waals surface area (Å²) in [4.78, 5) is 12.6. The Balaban J connectivity index is 1.28. The van der Waals surface area contributed by atoms with Crippen molar-refractivity contribution in [2.75, 3.05) is 26.9 Å². The summed E-state index contributed by atoms with van der Waals surface area (Å²) in [6, 6.07) is 7.56. The molecule has 0 aliphatic carbocycles. The normalized spacial score (nSPS) is 24.2. The first-order valence-electron chi connectivity index (χ1n) is 11.4. The van der Waals surface area contributed by atoms with Gasteiger partial charge in [0.1, 0.15) is 17.5 Å². The summed E-state index contributed by atoms with van der Waals surface area (Å²) < 4.78 is 18.7. The van der Waals surface area contributed by atoms with E-state index in [1.54, 1.807) is 11.8 Å². The number of aryl methyl sites for hydroxylation is 1. The Morgan fingerprint density at radius 3 is 2.84 bits per heavy atom. The van der Waals surface area contributed by atoms with Crippen LogP contribution in [0.4, 0.5) is 0 Å². The molecule has 2 saturated heterocycles. The van der Waals surface area contributed by atoms with E-state index in [0.29, 0.717) is 19.8 Å². The molecule has 9 heteroatoms. The van der Waals surface area contributed by atoms with Gasteiger partial charge in [-0.1, -0.05) is 17.3 Å². The molecule has 2 fully saturated rings. The van der Waals surface area contributed by atoms with E-state index in [4.69, 9.17) is 14.2 Å². The number of aliphatic hydroxyl groups is 1. The van der Waals surface area contributed by atoms with Gasteiger partial charge in [-0.2, -0.15) is 0 Å². The average molecular weight is 445 g/mol. The second-order valence-electron chi connectivity index (χ2n) is 8.41. The van der Waals surface area contributed by atoms with Gasteiger partial charge in [-0.25, -0.2) is 0 Å². The van der Waals surface area contributed by atoms with Crippen molar-refractivity contribution in [3.63, 3.8) is 0 Å². The fourth-order valence-corrected chi connectivity index (χ4v) is 4.43. The number of hydrogen-bond acceptors (Lipinski definition) is 7. The van der Waals surface area contributed by atoms with E-state index >= 15 is 0 Å². The number of ether oxygens (including phenoxy) is 3. The lowest BCUT2D eigenvalue weighted by molar-refractivity contribution is -0.134. The fraction of sp³-hybridized carbons (Fsp3) is 0.609. The van der Waals surface area contributed by atoms with Gasteiger partial charge in [0.25, 0.3) is 0 Å². The quantitative estimate of drug-likeness (QED) is 0.639. The number of rotatable bonds is 8. The standard InChI is InChI=1S/C23H32N4O5/c1-30-21-5-3-2-4-18(21)20-14-27(26-25-20)11-8-17-6-7-19(22(15-28)32-17)24-23(29)16-9-12-31-13-10-16/h2-5,14,16-17,19,22,28H,6-13,15H2,1H3,(H,24,29)/t17-,19+,22-/m1/s1. The highest BCUT2D eigenvalue weighted by atomic mass is 16.5. The van der Waals surface area contributed by atoms with Crippen molar-refractivity contribution < 1.29 is 24.1 Å². The molecular weight excluding hydrogens is 412 g/mol. The summed E-state index contributed by atoms with van der Waals surface area (Å²) in [7, 11) is 1.64. The topological polar surface area (TPSA) is 108 Å². The summed E-state index contributed by atoms with van der Waals surface area (Å²) in [5.74, 6) is 0.797. The van der Waals surface area contributed by atoms with Gasteiger partial charge in [-0.3, -0.25) is 9.48 Å². The molecule has 9 nitrogen and oxygen atoms in total. The monoisotopic (exact) mass is 444 g/mol. The maximum Gasteiger partial charge on any atom is 0.223 e. The maximum atomic E-state index is 12.6. The van der Waals surface area contributed by atoms with Crippen LogP contribution in [0.15, 0.2) is 30.5 Å². The van der Waals surface area contributed by atoms with Crippen LogP contribution >= 0.6 is 0 Å². The van der Waals surface area contributed by atoms with Gasteiger partial charge in [-0.15, -0.1) is 5.10 Å². The van der Waals surface area contributed by atoms with Crippen LogP contribution in [0.25, 0.3) is 11.3 Å². The van der Waals surface area contributed by atoms with Gasteiger partial charge in [0.2, 0.25) is 5.91 Å². The third-order valence-corrected chi connectivity index (χ3v) is 6.32. The van der Waals surface area contributed by atoms with Crippen LogP contribution in [0.3, 0.4) is 0 Å². The molecule has 2 aliphatic heterocycles. The van der Waals surface area contributed by atoms with Crippen molar-refractivity contribution in [2.24, 2.45) is 5.92 Å². The zero-order chi connectivity index (χ0) is 22.3. The van der Waals surface area contributed by atoms with E-state index in [2.05, 4.69) is 15.6 Å². The third kappa shape index (κ3) is 5.46. The van der Waals surface area contributed by atoms with Gasteiger partial charge in [0.05, 0.1) is 32.1 Å². The minimum absolute atomic E-state index is 0.00212. The number of amides is 1. The second kappa shape index (κ2) is 10.9. The Kier molecular flexibility index (Phi) is 7.72. The Morgan fingerprint density at radius 2 is 2.06 bits per heavy atom. The predicted octanol–water partition coefficient (Wildman–Crippen LogP) is 1.80. The molecule has 0 spiro atoms. The predicted molar refractivity (Wildman–Crippen MR) is 117 cm³/mol. The first kappa shape index (κ1) is 22.7. The molecule has 2 aliphatic rings. The Morgan fingerprint density at radius 1 is 1.25 bits per heavy atom. The molecule has 32 heavy (non-hydrogen) atoms. The van der Waals surface area contributed by atoms with Gasteiger partial charge < -0.3 is 24.6 Å². The van der Waals surface area contributed by atoms with Crippen molar-refractivity contribution in [1.82, 2.24) is 20.3 Å². The zero-order valence-electron chi connectivity index (χ0n) is 18.5. The highest BCUT2D eigenvalue weighted by molar-refractivity contribution is 5.79. The van der Waals surface area contributed by atoms with Crippen molar-refractivity contribution in [3.8, 4) is 17.0 Å². The second-order valence-corrected chi connectivity index (χ2v) is 8.41. The molecule has 174 valence electrons. The molecule has 1 amide bonds. The molecule has 2 N–H and O–H groups in total. The van der Waals surface area contributed by atoms with Gasteiger partial charge >= 0.3 is 0 Å². The van der Waals surface area contributed by atoms with E-state index in [1.165, 1.54) is 0 Å². The third-order valence-electron chi connectivity index (χ3n) is 6.32. The largest absolute Gasteiger partial charge is 0.496 e. The number of carbonyl (C=O) groups is 1. The van der Waals surface area contributed by atoms with Crippen LogP contribution in [0.2, 0.25) is 0 Å². The molecule has 4 rings (SSSR count). The molecule has 3 heterocycles. The van der Waals surface area contributed by atoms with Crippen LogP contribution in [0, 0.1) is 5.92 Å². The Hall–Kier alpha value is -2.49. The number of aliphatic hydroxyl groups excluding tert-OH is 1. The molecule has 3 atom stereocenters. The molecule has 0 bridgehead atoms. The van der Waals surface area contributed by atoms with Crippen LogP contribution in [-0.4, -0.2) is 71.2 Å². The highest BCUT2D eigenvalue weighted by Crippen LogP contribution is 2.28. The molecule has 1 aromatic carbocycles. The van der Waals surface area contributed by atoms with Crippen molar-refractivity contribution in [2.45, 2.75) is 56.9 Å². The summed E-state index contributed by atoms with van der Waals surface area (Å²) >= 11 is 0. The molecule has 0 saturated carbocycles. The van der Waals surface area contributed by atoms with Gasteiger partial charge in [0.15, 0.2) is 0 Å². The summed E-state index contributed by atoms with van der Waals surface area (Å²) in [6.45, 7) is 1.80. The fourth-order valence-electron chi connectivity index (χ4n) is 4.43. The summed E-state index contributed by atoms with van der Waals surface area (Å²) in [5, 5.41) is 21.4. The van der Waals surface area contributed by atoms with Crippen molar-refractivity contribution in [1.29, 1.82) is 0 Å². The number of aromatic nitrogens is 3. The van der Waals surface area contributed by atoms with E-state index < -0.39 is 6.10 Å². The molecule has 1 aromatic heterocycles. The minimum Gasteiger partial charge on any atom is -0.496 e. The summed E-state index contributed by atoms with van der Waals surface area (Å²) in [5.41, 5.74) is 1.66. The first-order chi connectivity index (χ1) is 15.7. The smallest absolute Gasteiger partial charge is 0.223 e. The Labute approximate surface area is 188 Å². The van der Waals surface area contributed by atoms with E-state index in [9.17, 15) is 9.90 Å². The highest BCUT2D eigenvalue weighted by Gasteiger charge is 2.33. The molecule has 2 aromatic rings. The van der Waals surface area contributed by atoms with Crippen LogP contribution < -0.4 is 10.1 Å². The van der Waals surface area contributed by atoms with Crippen molar-refractivity contribution in [3.05, 3.63) is 30.5 Å². The molecular formula is C23H32N4O5. The lowest BCUT2D eigenvalue weighted by Gasteiger charge is -2.37. The Bertz CT molecular complexity index is 883. The lowest BCUT2D eigenvalue weighted by atomic mass is 9.94. The number of carbonyl (C=O) groups excluding carboxylic acids is 1.